The number of esters is 1. The Balaban J connectivity index is 0.000000445. The van der Waals surface area contributed by atoms with Crippen molar-refractivity contribution in [1.82, 2.24) is 0 Å². The Hall–Kier alpha value is -2.50. The van der Waals surface area contributed by atoms with Crippen LogP contribution in [0.25, 0.3) is 0 Å². The van der Waals surface area contributed by atoms with Crippen molar-refractivity contribution in [1.29, 1.82) is 0 Å². The average molecular weight is 613 g/mol. The van der Waals surface area contributed by atoms with Crippen LogP contribution in [0.4, 0.5) is 10.1 Å². The maximum atomic E-state index is 12.8. The summed E-state index contributed by atoms with van der Waals surface area (Å²) in [6.45, 7) is 4.31. The van der Waals surface area contributed by atoms with Crippen molar-refractivity contribution in [3.05, 3.63) is 63.5 Å². The average Bonchev–Trinajstić information content (AvgIpc) is 3.26. The molecule has 1 aromatic carbocycles. The number of allylic oxidation sites excluding steroid dienone is 2. The smallest absolute Gasteiger partial charge is 0.493 e. The van der Waals surface area contributed by atoms with Crippen molar-refractivity contribution < 1.29 is 53.7 Å². The van der Waals surface area contributed by atoms with E-state index in [0.717, 1.165) is 15.6 Å². The summed E-state index contributed by atoms with van der Waals surface area (Å²) in [5.74, 6) is 0.140. The van der Waals surface area contributed by atoms with E-state index in [1.807, 2.05) is 6.92 Å². The number of sulfonamides is 1. The molecule has 1 aromatic heterocycles. The number of carbonyl (C=O) groups is 1. The van der Waals surface area contributed by atoms with E-state index in [2.05, 4.69) is 0 Å². The maximum absolute atomic E-state index is 12.8. The van der Waals surface area contributed by atoms with Gasteiger partial charge < -0.3 is 19.0 Å². The number of rotatable bonds is 9. The number of hydrogen-bond donors (Lipinski definition) is 0. The van der Waals surface area contributed by atoms with E-state index in [9.17, 15) is 22.4 Å². The molecular formula is C24H25ClFMnNO7S2. The number of benzene rings is 1. The van der Waals surface area contributed by atoms with Crippen molar-refractivity contribution in [2.24, 2.45) is 0 Å². The van der Waals surface area contributed by atoms with Gasteiger partial charge in [0.1, 0.15) is 0 Å². The van der Waals surface area contributed by atoms with Gasteiger partial charge in [-0.15, -0.1) is 6.08 Å². The van der Waals surface area contributed by atoms with Crippen LogP contribution in [0.15, 0.2) is 52.7 Å². The summed E-state index contributed by atoms with van der Waals surface area (Å²) >= 11 is 6.69. The number of nitrogens with zero attached hydrogens (tertiary/aromatic N) is 1. The third-order valence-corrected chi connectivity index (χ3v) is 7.74. The van der Waals surface area contributed by atoms with Gasteiger partial charge in [0.2, 0.25) is 0 Å². The van der Waals surface area contributed by atoms with Gasteiger partial charge in [0.25, 0.3) is 5.97 Å². The van der Waals surface area contributed by atoms with Gasteiger partial charge in [0.15, 0.2) is 21.5 Å². The summed E-state index contributed by atoms with van der Waals surface area (Å²) in [4.78, 5) is 21.7. The van der Waals surface area contributed by atoms with Crippen molar-refractivity contribution in [2.75, 3.05) is 31.7 Å². The van der Waals surface area contributed by atoms with Gasteiger partial charge in [-0.1, -0.05) is 34.5 Å². The first-order valence-electron chi connectivity index (χ1n) is 10.6. The Kier molecular flexibility index (Phi) is 13.2. The van der Waals surface area contributed by atoms with E-state index in [-0.39, 0.29) is 49.0 Å². The minimum Gasteiger partial charge on any atom is -0.493 e. The number of halogens is 2. The van der Waals surface area contributed by atoms with Crippen LogP contribution in [0.2, 0.25) is 4.34 Å². The predicted octanol–water partition coefficient (Wildman–Crippen LogP) is 5.03. The molecule has 0 amide bonds. The molecular weight excluding hydrogens is 588 g/mol. The van der Waals surface area contributed by atoms with Gasteiger partial charge in [0, 0.05) is 19.4 Å². The third kappa shape index (κ3) is 8.51. The second-order valence-corrected chi connectivity index (χ2v) is 10.6. The van der Waals surface area contributed by atoms with E-state index >= 15 is 0 Å². The largest absolute Gasteiger partial charge is 2.00 e. The van der Waals surface area contributed by atoms with Crippen molar-refractivity contribution >= 4 is 50.9 Å². The number of carbonyl (C=O) groups excluding carboxylic acids is 2. The van der Waals surface area contributed by atoms with Gasteiger partial charge in [-0.2, -0.15) is 11.3 Å². The second kappa shape index (κ2) is 15.0. The zero-order valence-corrected chi connectivity index (χ0v) is 24.0. The zero-order chi connectivity index (χ0) is 26.9. The van der Waals surface area contributed by atoms with E-state index in [4.69, 9.17) is 25.8 Å². The van der Waals surface area contributed by atoms with Crippen LogP contribution >= 0.6 is 22.9 Å². The molecule has 2 aromatic rings. The first-order chi connectivity index (χ1) is 17.1. The van der Waals surface area contributed by atoms with E-state index < -0.39 is 16.0 Å². The first kappa shape index (κ1) is 32.5. The summed E-state index contributed by atoms with van der Waals surface area (Å²) in [6, 6.07) is 5.99. The zero-order valence-electron chi connectivity index (χ0n) is 20.4. The molecule has 0 saturated carbocycles. The molecule has 0 bridgehead atoms. The Morgan fingerprint density at radius 2 is 1.95 bits per heavy atom. The van der Waals surface area contributed by atoms with Gasteiger partial charge in [-0.05, 0) is 30.9 Å². The molecule has 13 heteroatoms. The van der Waals surface area contributed by atoms with Gasteiger partial charge in [-0.25, -0.2) is 25.3 Å². The SMILES string of the molecule is CCOC(=O)C1=C[CH-]CC(F)=C1.CCOc1ccc(N(C)S(=O)(=O)c2cc(Cl)sc2[C-]=O)cc1OC.[Mn+2]. The summed E-state index contributed by atoms with van der Waals surface area (Å²) in [5.41, 5.74) is 0.634. The Labute approximate surface area is 235 Å². The number of hydrogen-bond acceptors (Lipinski definition) is 8. The molecule has 201 valence electrons. The molecule has 8 nitrogen and oxygen atoms in total. The fourth-order valence-electron chi connectivity index (χ4n) is 2.94. The molecule has 0 spiro atoms. The fourth-order valence-corrected chi connectivity index (χ4v) is 5.66. The molecule has 0 fully saturated rings. The summed E-state index contributed by atoms with van der Waals surface area (Å²) in [5, 5.41) is 0. The minimum absolute atomic E-state index is 0. The van der Waals surface area contributed by atoms with Gasteiger partial charge in [-0.3, -0.25) is 9.10 Å². The first-order valence-corrected chi connectivity index (χ1v) is 13.3. The molecule has 0 aliphatic heterocycles. The molecule has 1 aliphatic carbocycles. The quantitative estimate of drug-likeness (QED) is 0.223. The molecule has 0 unspecified atom stereocenters. The standard InChI is InChI=1S/C15H15ClNO5S2.C9H10FO2.Mn/c1-4-22-11-6-5-10(7-12(11)21-3)17(2)24(19,20)14-8-15(16)23-13(14)9-18;1-2-12-9(11)7-4-3-5-8(10)6-7;/h5-8H,4H2,1-3H3;3-4,6H,2,5H2,1H3;/q2*-1;+2. The minimum atomic E-state index is -3.96. The second-order valence-electron chi connectivity index (χ2n) is 6.96. The third-order valence-electron chi connectivity index (χ3n) is 4.64. The number of methoxy groups -OCH3 is 1. The number of ether oxygens (including phenoxy) is 3. The molecule has 1 heterocycles. The van der Waals surface area contributed by atoms with Crippen LogP contribution in [-0.4, -0.2) is 48.0 Å². The van der Waals surface area contributed by atoms with Gasteiger partial charge in [0.05, 0.1) is 36.2 Å². The van der Waals surface area contributed by atoms with Crippen LogP contribution in [0.3, 0.4) is 0 Å². The maximum Gasteiger partial charge on any atom is 2.00 e. The van der Waals surface area contributed by atoms with Gasteiger partial charge >= 0.3 is 17.1 Å². The molecule has 1 aliphatic rings. The van der Waals surface area contributed by atoms with Crippen LogP contribution in [0, 0.1) is 6.42 Å². The molecule has 0 N–H and O–H groups in total. The molecule has 1 radical (unpaired) electrons. The van der Waals surface area contributed by atoms with Crippen LogP contribution in [-0.2, 0) is 41.4 Å². The van der Waals surface area contributed by atoms with Crippen molar-refractivity contribution in [2.45, 2.75) is 25.2 Å². The van der Waals surface area contributed by atoms with E-state index in [1.54, 1.807) is 43.9 Å². The van der Waals surface area contributed by atoms with Crippen LogP contribution in [0.5, 0.6) is 11.5 Å². The molecule has 0 saturated heterocycles. The number of anilines is 1. The van der Waals surface area contributed by atoms with Crippen molar-refractivity contribution in [3.8, 4) is 11.5 Å². The van der Waals surface area contributed by atoms with Crippen LogP contribution < -0.4 is 13.8 Å². The van der Waals surface area contributed by atoms with E-state index in [1.165, 1.54) is 26.3 Å². The summed E-state index contributed by atoms with van der Waals surface area (Å²) in [6.07, 6.45) is 6.25. The summed E-state index contributed by atoms with van der Waals surface area (Å²) < 4.78 is 54.7. The Bertz CT molecular complexity index is 1260. The van der Waals surface area contributed by atoms with Crippen molar-refractivity contribution in [3.63, 3.8) is 0 Å². The normalized spacial score (nSPS) is 12.4. The van der Waals surface area contributed by atoms with Crippen LogP contribution in [0.1, 0.15) is 25.1 Å². The Morgan fingerprint density at radius 1 is 1.24 bits per heavy atom. The summed E-state index contributed by atoms with van der Waals surface area (Å²) in [7, 11) is -1.12. The monoisotopic (exact) mass is 612 g/mol. The number of thiophene rings is 1. The topological polar surface area (TPSA) is 99.2 Å². The Morgan fingerprint density at radius 3 is 2.51 bits per heavy atom. The molecule has 3 rings (SSSR count). The molecule has 37 heavy (non-hydrogen) atoms. The van der Waals surface area contributed by atoms with E-state index in [0.29, 0.717) is 30.4 Å². The molecule has 0 atom stereocenters. The predicted molar refractivity (Wildman–Crippen MR) is 137 cm³/mol. The fraction of sp³-hybridized carbons (Fsp3) is 0.292.